The minimum Gasteiger partial charge on any atom is -0.496 e. The van der Waals surface area contributed by atoms with Crippen LogP contribution in [0.5, 0.6) is 17.4 Å². The van der Waals surface area contributed by atoms with E-state index in [1.54, 1.807) is 26.4 Å². The van der Waals surface area contributed by atoms with Gasteiger partial charge in [-0.05, 0) is 18.2 Å². The first-order chi connectivity index (χ1) is 9.71. The SMILES string of the molecule is COc1ccc(C(N)c2c(OC)cccc2OC)nn1. The van der Waals surface area contributed by atoms with Crippen LogP contribution in [0, 0.1) is 0 Å². The van der Waals surface area contributed by atoms with Gasteiger partial charge in [0.25, 0.3) is 0 Å². The molecule has 0 bridgehead atoms. The number of benzene rings is 1. The molecule has 0 saturated heterocycles. The molecule has 6 heteroatoms. The van der Waals surface area contributed by atoms with E-state index in [9.17, 15) is 0 Å². The van der Waals surface area contributed by atoms with Crippen molar-refractivity contribution in [3.05, 3.63) is 41.6 Å². The molecule has 2 N–H and O–H groups in total. The van der Waals surface area contributed by atoms with Crippen molar-refractivity contribution in [1.29, 1.82) is 0 Å². The van der Waals surface area contributed by atoms with Crippen molar-refractivity contribution in [3.8, 4) is 17.4 Å². The number of nitrogens with two attached hydrogens (primary N) is 1. The van der Waals surface area contributed by atoms with Gasteiger partial charge in [0.15, 0.2) is 0 Å². The van der Waals surface area contributed by atoms with Crippen LogP contribution in [-0.2, 0) is 0 Å². The maximum atomic E-state index is 6.26. The van der Waals surface area contributed by atoms with Gasteiger partial charge < -0.3 is 19.9 Å². The Labute approximate surface area is 117 Å². The molecule has 1 heterocycles. The number of nitrogens with zero attached hydrogens (tertiary/aromatic N) is 2. The lowest BCUT2D eigenvalue weighted by molar-refractivity contribution is 0.380. The summed E-state index contributed by atoms with van der Waals surface area (Å²) < 4.78 is 15.7. The predicted octanol–water partition coefficient (Wildman–Crippen LogP) is 1.55. The zero-order valence-corrected chi connectivity index (χ0v) is 11.7. The summed E-state index contributed by atoms with van der Waals surface area (Å²) in [6, 6.07) is 8.48. The quantitative estimate of drug-likeness (QED) is 0.891. The molecule has 2 rings (SSSR count). The Morgan fingerprint density at radius 3 is 2.00 bits per heavy atom. The van der Waals surface area contributed by atoms with E-state index >= 15 is 0 Å². The Hall–Kier alpha value is -2.34. The fourth-order valence-electron chi connectivity index (χ4n) is 1.94. The van der Waals surface area contributed by atoms with E-state index < -0.39 is 6.04 Å². The highest BCUT2D eigenvalue weighted by Crippen LogP contribution is 2.35. The molecule has 1 aromatic carbocycles. The maximum Gasteiger partial charge on any atom is 0.233 e. The molecule has 0 aliphatic heterocycles. The number of hydrogen-bond donors (Lipinski definition) is 1. The maximum absolute atomic E-state index is 6.26. The van der Waals surface area contributed by atoms with Crippen molar-refractivity contribution in [2.75, 3.05) is 21.3 Å². The predicted molar refractivity (Wildman–Crippen MR) is 74.2 cm³/mol. The average Bonchev–Trinajstić information content (AvgIpc) is 2.53. The zero-order valence-electron chi connectivity index (χ0n) is 11.7. The number of aromatic nitrogens is 2. The first-order valence-electron chi connectivity index (χ1n) is 6.05. The summed E-state index contributed by atoms with van der Waals surface area (Å²) in [6.07, 6.45) is 0. The van der Waals surface area contributed by atoms with Crippen LogP contribution in [0.1, 0.15) is 17.3 Å². The van der Waals surface area contributed by atoms with E-state index in [0.29, 0.717) is 23.1 Å². The molecule has 0 radical (unpaired) electrons. The molecule has 1 atom stereocenters. The average molecular weight is 275 g/mol. The number of hydrogen-bond acceptors (Lipinski definition) is 6. The number of ether oxygens (including phenoxy) is 3. The van der Waals surface area contributed by atoms with E-state index in [4.69, 9.17) is 19.9 Å². The third-order valence-electron chi connectivity index (χ3n) is 2.97. The van der Waals surface area contributed by atoms with Gasteiger partial charge >= 0.3 is 0 Å². The third kappa shape index (κ3) is 2.65. The van der Waals surface area contributed by atoms with Gasteiger partial charge in [-0.1, -0.05) is 6.07 Å². The van der Waals surface area contributed by atoms with Gasteiger partial charge in [0, 0.05) is 6.07 Å². The summed E-state index contributed by atoms with van der Waals surface area (Å²) in [5.41, 5.74) is 7.60. The minimum atomic E-state index is -0.500. The molecular formula is C14H17N3O3. The molecule has 0 amide bonds. The molecule has 2 aromatic rings. The topological polar surface area (TPSA) is 79.5 Å². The Bertz CT molecular complexity index is 550. The summed E-state index contributed by atoms with van der Waals surface area (Å²) in [5.74, 6) is 1.73. The van der Waals surface area contributed by atoms with E-state index in [1.165, 1.54) is 7.11 Å². The highest BCUT2D eigenvalue weighted by atomic mass is 16.5. The lowest BCUT2D eigenvalue weighted by Gasteiger charge is -2.18. The van der Waals surface area contributed by atoms with Gasteiger partial charge in [-0.3, -0.25) is 0 Å². The molecule has 0 aliphatic carbocycles. The lowest BCUT2D eigenvalue weighted by Crippen LogP contribution is -2.16. The molecule has 6 nitrogen and oxygen atoms in total. The van der Waals surface area contributed by atoms with Crippen molar-refractivity contribution in [2.45, 2.75) is 6.04 Å². The second-order valence-corrected chi connectivity index (χ2v) is 4.05. The normalized spacial score (nSPS) is 11.8. The molecule has 1 aromatic heterocycles. The van der Waals surface area contributed by atoms with Crippen LogP contribution in [0.3, 0.4) is 0 Å². The summed E-state index contributed by atoms with van der Waals surface area (Å²) in [6.45, 7) is 0. The first kappa shape index (κ1) is 14.1. The summed E-state index contributed by atoms with van der Waals surface area (Å²) in [4.78, 5) is 0. The summed E-state index contributed by atoms with van der Waals surface area (Å²) in [5, 5.41) is 7.99. The highest BCUT2D eigenvalue weighted by molar-refractivity contribution is 5.49. The van der Waals surface area contributed by atoms with E-state index in [2.05, 4.69) is 10.2 Å². The van der Waals surface area contributed by atoms with Gasteiger partial charge in [0.1, 0.15) is 11.5 Å². The molecule has 20 heavy (non-hydrogen) atoms. The van der Waals surface area contributed by atoms with Crippen molar-refractivity contribution in [2.24, 2.45) is 5.73 Å². The molecule has 0 aliphatic rings. The van der Waals surface area contributed by atoms with Gasteiger partial charge in [-0.15, -0.1) is 10.2 Å². The molecular weight excluding hydrogens is 258 g/mol. The second kappa shape index (κ2) is 6.21. The van der Waals surface area contributed by atoms with Crippen LogP contribution < -0.4 is 19.9 Å². The van der Waals surface area contributed by atoms with Crippen LogP contribution in [0.2, 0.25) is 0 Å². The van der Waals surface area contributed by atoms with Gasteiger partial charge in [-0.2, -0.15) is 0 Å². The zero-order chi connectivity index (χ0) is 14.5. The molecule has 106 valence electrons. The molecule has 0 saturated carbocycles. The Kier molecular flexibility index (Phi) is 4.37. The standard InChI is InChI=1S/C14H17N3O3/c1-18-10-5-4-6-11(19-2)13(10)14(15)9-7-8-12(20-3)17-16-9/h4-8,14H,15H2,1-3H3. The van der Waals surface area contributed by atoms with Crippen LogP contribution in [0.25, 0.3) is 0 Å². The fraction of sp³-hybridized carbons (Fsp3) is 0.286. The highest BCUT2D eigenvalue weighted by Gasteiger charge is 2.20. The molecule has 0 spiro atoms. The number of methoxy groups -OCH3 is 3. The monoisotopic (exact) mass is 275 g/mol. The molecule has 0 fully saturated rings. The van der Waals surface area contributed by atoms with Crippen molar-refractivity contribution < 1.29 is 14.2 Å². The van der Waals surface area contributed by atoms with E-state index in [-0.39, 0.29) is 0 Å². The second-order valence-electron chi connectivity index (χ2n) is 4.05. The summed E-state index contributed by atoms with van der Waals surface area (Å²) >= 11 is 0. The summed E-state index contributed by atoms with van der Waals surface area (Å²) in [7, 11) is 4.71. The molecule has 1 unspecified atom stereocenters. The van der Waals surface area contributed by atoms with Crippen LogP contribution >= 0.6 is 0 Å². The van der Waals surface area contributed by atoms with Gasteiger partial charge in [0.2, 0.25) is 5.88 Å². The van der Waals surface area contributed by atoms with Crippen LogP contribution in [0.4, 0.5) is 0 Å². The lowest BCUT2D eigenvalue weighted by atomic mass is 10.0. The van der Waals surface area contributed by atoms with Gasteiger partial charge in [-0.25, -0.2) is 0 Å². The minimum absolute atomic E-state index is 0.438. The van der Waals surface area contributed by atoms with Crippen LogP contribution in [-0.4, -0.2) is 31.5 Å². The third-order valence-corrected chi connectivity index (χ3v) is 2.97. The van der Waals surface area contributed by atoms with E-state index in [0.717, 1.165) is 5.56 Å². The smallest absolute Gasteiger partial charge is 0.233 e. The van der Waals surface area contributed by atoms with Gasteiger partial charge in [0.05, 0.1) is 38.6 Å². The van der Waals surface area contributed by atoms with E-state index in [1.807, 2.05) is 18.2 Å². The Balaban J connectivity index is 2.43. The van der Waals surface area contributed by atoms with Crippen molar-refractivity contribution in [3.63, 3.8) is 0 Å². The van der Waals surface area contributed by atoms with Crippen molar-refractivity contribution >= 4 is 0 Å². The first-order valence-corrected chi connectivity index (χ1v) is 6.05. The largest absolute Gasteiger partial charge is 0.496 e. The Morgan fingerprint density at radius 1 is 0.900 bits per heavy atom. The fourth-order valence-corrected chi connectivity index (χ4v) is 1.94. The number of rotatable bonds is 5. The van der Waals surface area contributed by atoms with Crippen LogP contribution in [0.15, 0.2) is 30.3 Å². The Morgan fingerprint density at radius 2 is 1.55 bits per heavy atom. The van der Waals surface area contributed by atoms with Crippen molar-refractivity contribution in [1.82, 2.24) is 10.2 Å².